The number of ether oxygens (including phenoxy) is 1. The highest BCUT2D eigenvalue weighted by Gasteiger charge is 2.54. The number of benzene rings is 1. The van der Waals surface area contributed by atoms with Gasteiger partial charge < -0.3 is 14.2 Å². The molecule has 0 N–H and O–H groups in total. The van der Waals surface area contributed by atoms with Crippen LogP contribution in [0.15, 0.2) is 49.1 Å². The molecule has 2 aromatic rings. The molecule has 1 unspecified atom stereocenters. The molecule has 4 rings (SSSR count). The maximum absolute atomic E-state index is 13.6. The summed E-state index contributed by atoms with van der Waals surface area (Å²) in [5, 5.41) is 0. The zero-order valence-corrected chi connectivity index (χ0v) is 18.0. The Bertz CT molecular complexity index is 1010. The summed E-state index contributed by atoms with van der Waals surface area (Å²) in [4.78, 5) is 58.7. The monoisotopic (exact) mass is 438 g/mol. The molecular weight excluding hydrogens is 412 g/mol. The molecule has 1 aromatic heterocycles. The topological polar surface area (TPSA) is 102 Å². The summed E-state index contributed by atoms with van der Waals surface area (Å²) >= 11 is 0. The highest BCUT2D eigenvalue weighted by molar-refractivity contribution is 6.10. The third kappa shape index (κ3) is 3.90. The molecule has 3 amide bonds. The Morgan fingerprint density at radius 3 is 2.66 bits per heavy atom. The van der Waals surface area contributed by atoms with Crippen molar-refractivity contribution >= 4 is 23.7 Å². The van der Waals surface area contributed by atoms with Crippen molar-refractivity contribution in [3.63, 3.8) is 0 Å². The van der Waals surface area contributed by atoms with Gasteiger partial charge in [-0.2, -0.15) is 0 Å². The van der Waals surface area contributed by atoms with Gasteiger partial charge in [-0.05, 0) is 18.4 Å². The molecule has 0 saturated carbocycles. The van der Waals surface area contributed by atoms with E-state index in [9.17, 15) is 19.2 Å². The van der Waals surface area contributed by atoms with Gasteiger partial charge in [0.2, 0.25) is 17.7 Å². The van der Waals surface area contributed by atoms with Crippen LogP contribution in [0.1, 0.15) is 31.2 Å². The van der Waals surface area contributed by atoms with E-state index in [0.717, 1.165) is 0 Å². The minimum atomic E-state index is -1.28. The fourth-order valence-corrected chi connectivity index (χ4v) is 4.69. The number of amides is 3. The molecule has 0 bridgehead atoms. The fourth-order valence-electron chi connectivity index (χ4n) is 4.69. The number of methoxy groups -OCH3 is 1. The molecule has 2 aliphatic heterocycles. The quantitative estimate of drug-likeness (QED) is 0.475. The van der Waals surface area contributed by atoms with Gasteiger partial charge in [-0.1, -0.05) is 30.3 Å². The van der Waals surface area contributed by atoms with Crippen LogP contribution in [0, 0.1) is 0 Å². The van der Waals surface area contributed by atoms with Crippen molar-refractivity contribution in [3.8, 4) is 0 Å². The van der Waals surface area contributed by atoms with E-state index in [1.54, 1.807) is 47.6 Å². The van der Waals surface area contributed by atoms with Gasteiger partial charge in [-0.25, -0.2) is 9.78 Å². The van der Waals surface area contributed by atoms with E-state index in [-0.39, 0.29) is 37.1 Å². The number of imide groups is 1. The van der Waals surface area contributed by atoms with E-state index in [0.29, 0.717) is 31.5 Å². The minimum absolute atomic E-state index is 0.0811. The standard InChI is InChI=1S/C23H26N4O5/c1-32-21(30)18-8-5-10-26(18)19(28)14-23(17-6-3-2-4-7-17)15-20(29)27(22(23)31)13-12-25-11-9-24-16-25/h2-4,6-7,9,11,16,18H,5,8,10,12-15H2,1H3/t18-,23?/m0/s1. The lowest BCUT2D eigenvalue weighted by molar-refractivity contribution is -0.151. The summed E-state index contributed by atoms with van der Waals surface area (Å²) < 4.78 is 6.64. The molecule has 2 atom stereocenters. The van der Waals surface area contributed by atoms with E-state index in [1.807, 2.05) is 6.07 Å². The van der Waals surface area contributed by atoms with Crippen LogP contribution in [0.5, 0.6) is 0 Å². The Hall–Kier alpha value is -3.49. The highest BCUT2D eigenvalue weighted by Crippen LogP contribution is 2.41. The normalized spacial score (nSPS) is 23.1. The predicted octanol–water partition coefficient (Wildman–Crippen LogP) is 1.13. The Morgan fingerprint density at radius 1 is 1.19 bits per heavy atom. The minimum Gasteiger partial charge on any atom is -0.467 e. The molecule has 32 heavy (non-hydrogen) atoms. The number of rotatable bonds is 7. The van der Waals surface area contributed by atoms with Crippen LogP contribution in [0.4, 0.5) is 0 Å². The van der Waals surface area contributed by atoms with Crippen LogP contribution in [0.2, 0.25) is 0 Å². The van der Waals surface area contributed by atoms with Crippen molar-refractivity contribution in [1.82, 2.24) is 19.4 Å². The molecule has 168 valence electrons. The van der Waals surface area contributed by atoms with Gasteiger partial charge in [-0.15, -0.1) is 0 Å². The first-order valence-electron chi connectivity index (χ1n) is 10.7. The molecule has 2 saturated heterocycles. The third-order valence-corrected chi connectivity index (χ3v) is 6.38. The van der Waals surface area contributed by atoms with Gasteiger partial charge in [0.1, 0.15) is 6.04 Å². The first-order valence-corrected chi connectivity index (χ1v) is 10.7. The summed E-state index contributed by atoms with van der Waals surface area (Å²) in [5.41, 5.74) is -0.654. The lowest BCUT2D eigenvalue weighted by Gasteiger charge is -2.30. The largest absolute Gasteiger partial charge is 0.467 e. The second kappa shape index (κ2) is 8.94. The average molecular weight is 438 g/mol. The first-order chi connectivity index (χ1) is 15.5. The molecule has 2 fully saturated rings. The van der Waals surface area contributed by atoms with E-state index >= 15 is 0 Å². The second-order valence-electron chi connectivity index (χ2n) is 8.22. The molecule has 0 spiro atoms. The van der Waals surface area contributed by atoms with Gasteiger partial charge in [0, 0.05) is 44.9 Å². The third-order valence-electron chi connectivity index (χ3n) is 6.38. The van der Waals surface area contributed by atoms with E-state index < -0.39 is 17.4 Å². The first kappa shape index (κ1) is 21.7. The fraction of sp³-hybridized carbons (Fsp3) is 0.435. The van der Waals surface area contributed by atoms with Crippen molar-refractivity contribution < 1.29 is 23.9 Å². The molecule has 0 aliphatic carbocycles. The number of hydrogen-bond donors (Lipinski definition) is 0. The zero-order valence-electron chi connectivity index (χ0n) is 18.0. The van der Waals surface area contributed by atoms with Crippen molar-refractivity contribution in [2.24, 2.45) is 0 Å². The maximum atomic E-state index is 13.6. The number of carbonyl (C=O) groups excluding carboxylic acids is 4. The average Bonchev–Trinajstić information content (AvgIpc) is 3.54. The number of likely N-dealkylation sites (tertiary alicyclic amines) is 2. The molecule has 1 aromatic carbocycles. The number of hydrogen-bond acceptors (Lipinski definition) is 6. The van der Waals surface area contributed by atoms with Crippen LogP contribution in [-0.4, -0.2) is 69.3 Å². The van der Waals surface area contributed by atoms with Crippen LogP contribution in [0.25, 0.3) is 0 Å². The van der Waals surface area contributed by atoms with Crippen molar-refractivity contribution in [2.45, 2.75) is 43.7 Å². The number of imidazole rings is 1. The summed E-state index contributed by atoms with van der Waals surface area (Å²) in [6.07, 6.45) is 5.99. The number of nitrogens with zero attached hydrogens (tertiary/aromatic N) is 4. The van der Waals surface area contributed by atoms with Gasteiger partial charge in [0.25, 0.3) is 0 Å². The molecule has 9 nitrogen and oxygen atoms in total. The molecule has 2 aliphatic rings. The van der Waals surface area contributed by atoms with Crippen LogP contribution in [-0.2, 0) is 35.9 Å². The summed E-state index contributed by atoms with van der Waals surface area (Å²) in [6, 6.07) is 8.32. The van der Waals surface area contributed by atoms with Gasteiger partial charge in [0.05, 0.1) is 18.9 Å². The van der Waals surface area contributed by atoms with Crippen molar-refractivity contribution in [3.05, 3.63) is 54.6 Å². The van der Waals surface area contributed by atoms with E-state index in [2.05, 4.69) is 4.98 Å². The Balaban J connectivity index is 1.61. The van der Waals surface area contributed by atoms with E-state index in [4.69, 9.17) is 4.74 Å². The molecular formula is C23H26N4O5. The number of esters is 1. The summed E-state index contributed by atoms with van der Waals surface area (Å²) in [6.45, 7) is 1.05. The molecule has 0 radical (unpaired) electrons. The van der Waals surface area contributed by atoms with Gasteiger partial charge in [0.15, 0.2) is 0 Å². The lowest BCUT2D eigenvalue weighted by Crippen LogP contribution is -2.47. The van der Waals surface area contributed by atoms with Crippen molar-refractivity contribution in [1.29, 1.82) is 0 Å². The number of aromatic nitrogens is 2. The SMILES string of the molecule is COC(=O)[C@@H]1CCCN1C(=O)CC1(c2ccccc2)CC(=O)N(CCn2ccnc2)C1=O. The summed E-state index contributed by atoms with van der Waals surface area (Å²) in [5.74, 6) is -1.46. The van der Waals surface area contributed by atoms with Gasteiger partial charge >= 0.3 is 5.97 Å². The predicted molar refractivity (Wildman–Crippen MR) is 113 cm³/mol. The Labute approximate surface area is 186 Å². The second-order valence-corrected chi connectivity index (χ2v) is 8.22. The summed E-state index contributed by atoms with van der Waals surface area (Å²) in [7, 11) is 1.30. The lowest BCUT2D eigenvalue weighted by atomic mass is 9.75. The smallest absolute Gasteiger partial charge is 0.328 e. The van der Waals surface area contributed by atoms with Gasteiger partial charge in [-0.3, -0.25) is 19.3 Å². The maximum Gasteiger partial charge on any atom is 0.328 e. The van der Waals surface area contributed by atoms with Crippen LogP contribution >= 0.6 is 0 Å². The Kier molecular flexibility index (Phi) is 6.07. The molecule has 3 heterocycles. The number of carbonyl (C=O) groups is 4. The van der Waals surface area contributed by atoms with E-state index in [1.165, 1.54) is 16.9 Å². The molecule has 9 heteroatoms. The van der Waals surface area contributed by atoms with Crippen LogP contribution < -0.4 is 0 Å². The zero-order chi connectivity index (χ0) is 22.7. The van der Waals surface area contributed by atoms with Crippen molar-refractivity contribution in [2.75, 3.05) is 20.2 Å². The van der Waals surface area contributed by atoms with Crippen LogP contribution in [0.3, 0.4) is 0 Å². The Morgan fingerprint density at radius 2 is 1.97 bits per heavy atom. The highest BCUT2D eigenvalue weighted by atomic mass is 16.5.